The summed E-state index contributed by atoms with van der Waals surface area (Å²) < 4.78 is 28.9. The number of aryl methyl sites for hydroxylation is 1. The van der Waals surface area contributed by atoms with Gasteiger partial charge in [-0.25, -0.2) is 13.5 Å². The van der Waals surface area contributed by atoms with E-state index in [9.17, 15) is 8.78 Å². The summed E-state index contributed by atoms with van der Waals surface area (Å²) in [6.07, 6.45) is 2.29. The van der Waals surface area contributed by atoms with Gasteiger partial charge < -0.3 is 10.2 Å². The van der Waals surface area contributed by atoms with Gasteiger partial charge in [0.25, 0.3) is 0 Å². The lowest BCUT2D eigenvalue weighted by Gasteiger charge is -2.33. The van der Waals surface area contributed by atoms with Crippen molar-refractivity contribution in [2.75, 3.05) is 19.6 Å². The molecule has 4 nitrogen and oxygen atoms in total. The predicted octanol–water partition coefficient (Wildman–Crippen LogP) is 3.98. The number of rotatable bonds is 6. The summed E-state index contributed by atoms with van der Waals surface area (Å²) in [5.74, 6) is -0.474. The topological polar surface area (TPSA) is 33.1 Å². The Morgan fingerprint density at radius 1 is 1.19 bits per heavy atom. The van der Waals surface area contributed by atoms with Gasteiger partial charge in [0.05, 0.1) is 5.69 Å². The molecule has 148 valence electrons. The minimum atomic E-state index is -0.599. The van der Waals surface area contributed by atoms with Crippen molar-refractivity contribution in [1.29, 1.82) is 0 Å². The quantitative estimate of drug-likeness (QED) is 0.828. The fourth-order valence-electron chi connectivity index (χ4n) is 3.90. The predicted molar refractivity (Wildman–Crippen MR) is 104 cm³/mol. The first-order valence-electron chi connectivity index (χ1n) is 9.81. The van der Waals surface area contributed by atoms with Gasteiger partial charge in [-0.15, -0.1) is 0 Å². The number of nitrogens with one attached hydrogen (secondary N) is 1. The maximum absolute atomic E-state index is 14.1. The van der Waals surface area contributed by atoms with Crippen LogP contribution in [0, 0.1) is 31.4 Å². The van der Waals surface area contributed by atoms with Crippen LogP contribution in [-0.4, -0.2) is 40.4 Å². The van der Waals surface area contributed by atoms with Crippen LogP contribution in [0.5, 0.6) is 0 Å². The molecule has 1 aliphatic heterocycles. The first-order valence-corrected chi connectivity index (χ1v) is 9.81. The number of aromatic nitrogens is 2. The van der Waals surface area contributed by atoms with E-state index in [1.54, 1.807) is 4.68 Å². The van der Waals surface area contributed by atoms with Gasteiger partial charge in [0, 0.05) is 36.5 Å². The molecular formula is C21H30F2N4. The summed E-state index contributed by atoms with van der Waals surface area (Å²) >= 11 is 0. The number of halogens is 2. The molecule has 0 unspecified atom stereocenters. The van der Waals surface area contributed by atoms with Crippen molar-refractivity contribution in [3.8, 4) is 5.69 Å². The molecule has 1 N–H and O–H groups in total. The molecule has 1 aromatic carbocycles. The van der Waals surface area contributed by atoms with E-state index in [1.165, 1.54) is 18.7 Å². The van der Waals surface area contributed by atoms with E-state index in [2.05, 4.69) is 29.2 Å². The first kappa shape index (κ1) is 20.0. The molecule has 0 amide bonds. The third-order valence-corrected chi connectivity index (χ3v) is 5.36. The molecule has 1 aliphatic rings. The van der Waals surface area contributed by atoms with E-state index in [0.29, 0.717) is 12.0 Å². The van der Waals surface area contributed by atoms with Crippen molar-refractivity contribution in [1.82, 2.24) is 20.0 Å². The zero-order valence-electron chi connectivity index (χ0n) is 16.7. The second-order valence-corrected chi connectivity index (χ2v) is 8.01. The third kappa shape index (κ3) is 4.74. The Morgan fingerprint density at radius 2 is 1.89 bits per heavy atom. The van der Waals surface area contributed by atoms with Crippen LogP contribution in [0.1, 0.15) is 43.6 Å². The minimum Gasteiger partial charge on any atom is -0.310 e. The van der Waals surface area contributed by atoms with Crippen LogP contribution in [-0.2, 0) is 6.54 Å². The summed E-state index contributed by atoms with van der Waals surface area (Å²) in [6, 6.07) is 4.09. The van der Waals surface area contributed by atoms with Crippen molar-refractivity contribution in [2.45, 2.75) is 53.1 Å². The Morgan fingerprint density at radius 3 is 2.52 bits per heavy atom. The van der Waals surface area contributed by atoms with Crippen LogP contribution in [0.3, 0.4) is 0 Å². The molecule has 0 radical (unpaired) electrons. The molecule has 2 aromatic rings. The molecule has 1 saturated heterocycles. The molecule has 27 heavy (non-hydrogen) atoms. The summed E-state index contributed by atoms with van der Waals surface area (Å²) in [7, 11) is 0. The van der Waals surface area contributed by atoms with Crippen molar-refractivity contribution in [3.05, 3.63) is 46.8 Å². The van der Waals surface area contributed by atoms with Gasteiger partial charge in [-0.3, -0.25) is 0 Å². The van der Waals surface area contributed by atoms with Gasteiger partial charge >= 0.3 is 0 Å². The lowest BCUT2D eigenvalue weighted by Crippen LogP contribution is -2.43. The number of likely N-dealkylation sites (tertiary alicyclic amines) is 1. The number of hydrogen-bond donors (Lipinski definition) is 1. The highest BCUT2D eigenvalue weighted by atomic mass is 19.1. The lowest BCUT2D eigenvalue weighted by atomic mass is 10.0. The second kappa shape index (κ2) is 8.48. The van der Waals surface area contributed by atoms with Gasteiger partial charge in [-0.1, -0.05) is 13.8 Å². The monoisotopic (exact) mass is 376 g/mol. The summed E-state index contributed by atoms with van der Waals surface area (Å²) in [5, 5.41) is 8.13. The summed E-state index contributed by atoms with van der Waals surface area (Å²) in [6.45, 7) is 12.5. The van der Waals surface area contributed by atoms with Crippen LogP contribution in [0.25, 0.3) is 5.69 Å². The molecule has 0 saturated carbocycles. The van der Waals surface area contributed by atoms with Crippen molar-refractivity contribution in [3.63, 3.8) is 0 Å². The standard InChI is InChI=1S/C21H30F2N4/c1-14(2)13-26-9-7-18(8-10-26)24-12-19-15(3)25-27(16(19)4)21-6-5-17(22)11-20(21)23/h5-6,11,14,18,24H,7-10,12-13H2,1-4H3. The number of benzene rings is 1. The Labute approximate surface area is 160 Å². The Hall–Kier alpha value is -1.79. The molecule has 1 aromatic heterocycles. The van der Waals surface area contributed by atoms with Crippen LogP contribution in [0.15, 0.2) is 18.2 Å². The maximum Gasteiger partial charge on any atom is 0.151 e. The fourth-order valence-corrected chi connectivity index (χ4v) is 3.90. The minimum absolute atomic E-state index is 0.283. The third-order valence-electron chi connectivity index (χ3n) is 5.36. The number of hydrogen-bond acceptors (Lipinski definition) is 3. The molecule has 0 aliphatic carbocycles. The fraction of sp³-hybridized carbons (Fsp3) is 0.571. The Bertz CT molecular complexity index is 777. The van der Waals surface area contributed by atoms with Crippen LogP contribution in [0.4, 0.5) is 8.78 Å². The maximum atomic E-state index is 14.1. The van der Waals surface area contributed by atoms with Crippen molar-refractivity contribution >= 4 is 0 Å². The highest BCUT2D eigenvalue weighted by molar-refractivity contribution is 5.38. The van der Waals surface area contributed by atoms with Crippen molar-refractivity contribution in [2.24, 2.45) is 5.92 Å². The van der Waals surface area contributed by atoms with E-state index in [1.807, 2.05) is 13.8 Å². The SMILES string of the molecule is Cc1nn(-c2ccc(F)cc2F)c(C)c1CNC1CCN(CC(C)C)CC1. The van der Waals surface area contributed by atoms with Gasteiger partial charge in [0.2, 0.25) is 0 Å². The molecule has 6 heteroatoms. The number of nitrogens with zero attached hydrogens (tertiary/aromatic N) is 3. The zero-order valence-corrected chi connectivity index (χ0v) is 16.7. The van der Waals surface area contributed by atoms with E-state index < -0.39 is 11.6 Å². The van der Waals surface area contributed by atoms with Crippen molar-refractivity contribution < 1.29 is 8.78 Å². The van der Waals surface area contributed by atoms with E-state index in [-0.39, 0.29) is 5.69 Å². The van der Waals surface area contributed by atoms with Crippen LogP contribution >= 0.6 is 0 Å². The van der Waals surface area contributed by atoms with E-state index in [4.69, 9.17) is 0 Å². The highest BCUT2D eigenvalue weighted by Crippen LogP contribution is 2.21. The molecule has 1 fully saturated rings. The normalized spacial score (nSPS) is 16.4. The molecule has 0 bridgehead atoms. The first-order chi connectivity index (χ1) is 12.8. The Kier molecular flexibility index (Phi) is 6.27. The Balaban J connectivity index is 1.64. The molecule has 2 heterocycles. The molecule has 3 rings (SSSR count). The molecule has 0 spiro atoms. The summed E-state index contributed by atoms with van der Waals surface area (Å²) in [5.41, 5.74) is 3.14. The van der Waals surface area contributed by atoms with Gasteiger partial charge in [-0.2, -0.15) is 5.10 Å². The largest absolute Gasteiger partial charge is 0.310 e. The second-order valence-electron chi connectivity index (χ2n) is 8.01. The average Bonchev–Trinajstić information content (AvgIpc) is 2.88. The van der Waals surface area contributed by atoms with Gasteiger partial charge in [0.15, 0.2) is 5.82 Å². The summed E-state index contributed by atoms with van der Waals surface area (Å²) in [4.78, 5) is 2.54. The van der Waals surface area contributed by atoms with Crippen LogP contribution in [0.2, 0.25) is 0 Å². The van der Waals surface area contributed by atoms with Crippen LogP contribution < -0.4 is 5.32 Å². The smallest absolute Gasteiger partial charge is 0.151 e. The molecular weight excluding hydrogens is 346 g/mol. The lowest BCUT2D eigenvalue weighted by molar-refractivity contribution is 0.179. The average molecular weight is 376 g/mol. The zero-order chi connectivity index (χ0) is 19.6. The highest BCUT2D eigenvalue weighted by Gasteiger charge is 2.21. The van der Waals surface area contributed by atoms with Gasteiger partial charge in [0.1, 0.15) is 11.5 Å². The molecule has 0 atom stereocenters. The number of piperidine rings is 1. The van der Waals surface area contributed by atoms with Gasteiger partial charge in [-0.05, 0) is 57.8 Å². The van der Waals surface area contributed by atoms with E-state index >= 15 is 0 Å². The van der Waals surface area contributed by atoms with E-state index in [0.717, 1.165) is 55.5 Å².